The van der Waals surface area contributed by atoms with Crippen molar-refractivity contribution in [3.05, 3.63) is 11.9 Å². The van der Waals surface area contributed by atoms with Crippen LogP contribution in [0.5, 0.6) is 0 Å². The van der Waals surface area contributed by atoms with Crippen LogP contribution in [0.25, 0.3) is 0 Å². The van der Waals surface area contributed by atoms with E-state index in [1.54, 1.807) is 6.92 Å². The van der Waals surface area contributed by atoms with Crippen molar-refractivity contribution in [3.63, 3.8) is 0 Å². The number of ether oxygens (including phenoxy) is 1. The summed E-state index contributed by atoms with van der Waals surface area (Å²) in [5.74, 6) is -1.01. The van der Waals surface area contributed by atoms with Crippen LogP contribution in [0, 0.1) is 0 Å². The van der Waals surface area contributed by atoms with Gasteiger partial charge < -0.3 is 16.2 Å². The average Bonchev–Trinajstić information content (AvgIpc) is 2.57. The molecule has 0 bridgehead atoms. The van der Waals surface area contributed by atoms with Gasteiger partial charge in [-0.05, 0) is 6.92 Å². The zero-order valence-electron chi connectivity index (χ0n) is 8.97. The summed E-state index contributed by atoms with van der Waals surface area (Å²) in [5.41, 5.74) is 10.9. The van der Waals surface area contributed by atoms with Crippen molar-refractivity contribution < 1.29 is 14.3 Å². The second-order valence-electron chi connectivity index (χ2n) is 3.13. The van der Waals surface area contributed by atoms with Crippen molar-refractivity contribution in [2.45, 2.75) is 19.9 Å². The van der Waals surface area contributed by atoms with E-state index in [0.717, 1.165) is 0 Å². The number of amides is 1. The molecule has 0 saturated carbocycles. The molecular weight excluding hydrogens is 212 g/mol. The monoisotopic (exact) mass is 226 g/mol. The summed E-state index contributed by atoms with van der Waals surface area (Å²) in [6.45, 7) is 2.24. The Hall–Kier alpha value is -2.05. The molecule has 1 heterocycles. The van der Waals surface area contributed by atoms with E-state index < -0.39 is 11.9 Å². The predicted octanol–water partition coefficient (Wildman–Crippen LogP) is -0.483. The fraction of sp³-hybridized carbons (Fsp3) is 0.444. The number of nitrogens with two attached hydrogens (primary N) is 2. The quantitative estimate of drug-likeness (QED) is 0.658. The number of primary amides is 1. The smallest absolute Gasteiger partial charge is 0.361 e. The molecule has 1 aromatic heterocycles. The molecule has 7 heteroatoms. The maximum absolute atomic E-state index is 11.3. The molecule has 0 saturated heterocycles. The van der Waals surface area contributed by atoms with E-state index in [-0.39, 0.29) is 24.4 Å². The van der Waals surface area contributed by atoms with Crippen LogP contribution < -0.4 is 11.5 Å². The summed E-state index contributed by atoms with van der Waals surface area (Å²) in [4.78, 5) is 21.9. The second kappa shape index (κ2) is 5.15. The van der Waals surface area contributed by atoms with E-state index in [9.17, 15) is 9.59 Å². The van der Waals surface area contributed by atoms with Crippen LogP contribution in [0.4, 0.5) is 5.69 Å². The van der Waals surface area contributed by atoms with Crippen LogP contribution >= 0.6 is 0 Å². The third kappa shape index (κ3) is 2.97. The summed E-state index contributed by atoms with van der Waals surface area (Å²) >= 11 is 0. The van der Waals surface area contributed by atoms with E-state index in [1.165, 1.54) is 10.9 Å². The molecule has 0 aliphatic heterocycles. The maximum atomic E-state index is 11.3. The largest absolute Gasteiger partial charge is 0.461 e. The third-order valence-corrected chi connectivity index (χ3v) is 1.85. The number of anilines is 1. The first-order chi connectivity index (χ1) is 7.54. The summed E-state index contributed by atoms with van der Waals surface area (Å²) in [5, 5.41) is 3.91. The van der Waals surface area contributed by atoms with Gasteiger partial charge in [0.15, 0.2) is 5.69 Å². The number of nitrogen functional groups attached to an aromatic ring is 1. The SMILES string of the molecule is CCOC(=O)c1nn(CCC(N)=O)cc1N. The Morgan fingerprint density at radius 1 is 1.56 bits per heavy atom. The van der Waals surface area contributed by atoms with Crippen molar-refractivity contribution in [3.8, 4) is 0 Å². The van der Waals surface area contributed by atoms with Crippen LogP contribution in [-0.2, 0) is 16.1 Å². The number of esters is 1. The number of hydrogen-bond acceptors (Lipinski definition) is 5. The van der Waals surface area contributed by atoms with Gasteiger partial charge in [-0.1, -0.05) is 0 Å². The normalized spacial score (nSPS) is 10.1. The second-order valence-corrected chi connectivity index (χ2v) is 3.13. The topological polar surface area (TPSA) is 113 Å². The number of aryl methyl sites for hydroxylation is 1. The van der Waals surface area contributed by atoms with Crippen molar-refractivity contribution in [1.29, 1.82) is 0 Å². The minimum absolute atomic E-state index is 0.0614. The highest BCUT2D eigenvalue weighted by molar-refractivity contribution is 5.92. The lowest BCUT2D eigenvalue weighted by molar-refractivity contribution is -0.118. The molecule has 88 valence electrons. The zero-order valence-corrected chi connectivity index (χ0v) is 8.97. The van der Waals surface area contributed by atoms with E-state index >= 15 is 0 Å². The highest BCUT2D eigenvalue weighted by atomic mass is 16.5. The molecule has 0 aliphatic carbocycles. The van der Waals surface area contributed by atoms with Crippen LogP contribution in [0.3, 0.4) is 0 Å². The Morgan fingerprint density at radius 2 is 2.25 bits per heavy atom. The van der Waals surface area contributed by atoms with Crippen molar-refractivity contribution in [1.82, 2.24) is 9.78 Å². The van der Waals surface area contributed by atoms with Crippen LogP contribution in [0.1, 0.15) is 23.8 Å². The molecule has 1 aromatic rings. The van der Waals surface area contributed by atoms with Gasteiger partial charge in [-0.3, -0.25) is 9.48 Å². The minimum atomic E-state index is -0.571. The molecule has 0 aromatic carbocycles. The van der Waals surface area contributed by atoms with Crippen molar-refractivity contribution in [2.75, 3.05) is 12.3 Å². The fourth-order valence-electron chi connectivity index (χ4n) is 1.13. The Bertz CT molecular complexity index is 399. The van der Waals surface area contributed by atoms with Gasteiger partial charge >= 0.3 is 5.97 Å². The van der Waals surface area contributed by atoms with E-state index in [2.05, 4.69) is 5.10 Å². The molecule has 4 N–H and O–H groups in total. The van der Waals surface area contributed by atoms with Gasteiger partial charge in [-0.2, -0.15) is 5.10 Å². The third-order valence-electron chi connectivity index (χ3n) is 1.85. The van der Waals surface area contributed by atoms with E-state index in [0.29, 0.717) is 6.54 Å². The van der Waals surface area contributed by atoms with E-state index in [4.69, 9.17) is 16.2 Å². The lowest BCUT2D eigenvalue weighted by Gasteiger charge is -1.98. The summed E-state index contributed by atoms with van der Waals surface area (Å²) in [7, 11) is 0. The summed E-state index contributed by atoms with van der Waals surface area (Å²) in [6, 6.07) is 0. The van der Waals surface area contributed by atoms with Crippen LogP contribution in [-0.4, -0.2) is 28.3 Å². The molecule has 1 rings (SSSR count). The standard InChI is InChI=1S/C9H14N4O3/c1-2-16-9(15)8-6(10)5-13(12-8)4-3-7(11)14/h5H,2-4,10H2,1H3,(H2,11,14). The molecule has 0 aliphatic rings. The lowest BCUT2D eigenvalue weighted by atomic mass is 10.4. The van der Waals surface area contributed by atoms with Gasteiger partial charge in [0.05, 0.1) is 12.3 Å². The first-order valence-electron chi connectivity index (χ1n) is 4.83. The fourth-order valence-corrected chi connectivity index (χ4v) is 1.13. The molecule has 0 spiro atoms. The molecule has 1 amide bonds. The Kier molecular flexibility index (Phi) is 3.87. The van der Waals surface area contributed by atoms with Crippen molar-refractivity contribution in [2.24, 2.45) is 5.73 Å². The van der Waals surface area contributed by atoms with Crippen LogP contribution in [0.2, 0.25) is 0 Å². The molecule has 0 radical (unpaired) electrons. The van der Waals surface area contributed by atoms with Gasteiger partial charge in [0, 0.05) is 19.2 Å². The van der Waals surface area contributed by atoms with Gasteiger partial charge in [-0.25, -0.2) is 4.79 Å². The van der Waals surface area contributed by atoms with Gasteiger partial charge in [0.1, 0.15) is 0 Å². The highest BCUT2D eigenvalue weighted by Gasteiger charge is 2.15. The molecule has 7 nitrogen and oxygen atoms in total. The molecule has 16 heavy (non-hydrogen) atoms. The minimum Gasteiger partial charge on any atom is -0.461 e. The summed E-state index contributed by atoms with van der Waals surface area (Å²) in [6.07, 6.45) is 1.61. The van der Waals surface area contributed by atoms with Gasteiger partial charge in [0.25, 0.3) is 0 Å². The Morgan fingerprint density at radius 3 is 2.81 bits per heavy atom. The molecular formula is C9H14N4O3. The number of nitrogens with zero attached hydrogens (tertiary/aromatic N) is 2. The summed E-state index contributed by atoms with van der Waals surface area (Å²) < 4.78 is 6.16. The highest BCUT2D eigenvalue weighted by Crippen LogP contribution is 2.10. The van der Waals surface area contributed by atoms with Gasteiger partial charge in [-0.15, -0.1) is 0 Å². The Balaban J connectivity index is 2.73. The zero-order chi connectivity index (χ0) is 12.1. The molecule has 0 fully saturated rings. The number of hydrogen-bond donors (Lipinski definition) is 2. The lowest BCUT2D eigenvalue weighted by Crippen LogP contribution is -2.14. The van der Waals surface area contributed by atoms with Crippen LogP contribution in [0.15, 0.2) is 6.20 Å². The van der Waals surface area contributed by atoms with E-state index in [1.807, 2.05) is 0 Å². The first kappa shape index (κ1) is 12.0. The van der Waals surface area contributed by atoms with Gasteiger partial charge in [0.2, 0.25) is 5.91 Å². The predicted molar refractivity (Wildman–Crippen MR) is 56.4 cm³/mol. The average molecular weight is 226 g/mol. The number of carbonyl (C=O) groups excluding carboxylic acids is 2. The maximum Gasteiger partial charge on any atom is 0.361 e. The Labute approximate surface area is 92.3 Å². The molecule has 0 atom stereocenters. The number of carbonyl (C=O) groups is 2. The van der Waals surface area contributed by atoms with Crippen molar-refractivity contribution >= 4 is 17.6 Å². The first-order valence-corrected chi connectivity index (χ1v) is 4.83. The number of aromatic nitrogens is 2. The molecule has 0 unspecified atom stereocenters. The number of rotatable bonds is 5.